The van der Waals surface area contributed by atoms with E-state index in [0.29, 0.717) is 5.92 Å². The normalized spacial score (nSPS) is 12.2. The van der Waals surface area contributed by atoms with Crippen molar-refractivity contribution in [2.75, 3.05) is 5.32 Å². The summed E-state index contributed by atoms with van der Waals surface area (Å²) in [6.45, 7) is 6.19. The van der Waals surface area contributed by atoms with Crippen LogP contribution in [0.4, 0.5) is 11.4 Å². The Morgan fingerprint density at radius 3 is 2.52 bits per heavy atom. The standard InChI is InChI=1S/C15H22N2O4/c1-10(2)6-4-7-11(3)16-14-12(15(18)19)8-5-9-13(14)17(20)21/h5,8-11,16H,4,6-7H2,1-3H3,(H,18,19). The van der Waals surface area contributed by atoms with Crippen LogP contribution in [0.15, 0.2) is 18.2 Å². The van der Waals surface area contributed by atoms with E-state index in [1.54, 1.807) is 0 Å². The first kappa shape index (κ1) is 16.9. The average molecular weight is 294 g/mol. The van der Waals surface area contributed by atoms with Gasteiger partial charge in [-0.25, -0.2) is 4.79 Å². The molecule has 0 heterocycles. The number of rotatable bonds is 8. The highest BCUT2D eigenvalue weighted by Gasteiger charge is 2.22. The maximum atomic E-state index is 11.2. The molecule has 0 amide bonds. The molecule has 1 unspecified atom stereocenters. The molecule has 1 rings (SSSR count). The van der Waals surface area contributed by atoms with E-state index >= 15 is 0 Å². The van der Waals surface area contributed by atoms with E-state index in [2.05, 4.69) is 19.2 Å². The van der Waals surface area contributed by atoms with Gasteiger partial charge in [-0.3, -0.25) is 10.1 Å². The fourth-order valence-corrected chi connectivity index (χ4v) is 2.17. The SMILES string of the molecule is CC(C)CCCC(C)Nc1c(C(=O)O)cccc1[N+](=O)[O-]. The van der Waals surface area contributed by atoms with Gasteiger partial charge in [0.2, 0.25) is 0 Å². The van der Waals surface area contributed by atoms with E-state index in [4.69, 9.17) is 0 Å². The lowest BCUT2D eigenvalue weighted by molar-refractivity contribution is -0.384. The monoisotopic (exact) mass is 294 g/mol. The van der Waals surface area contributed by atoms with Crippen molar-refractivity contribution in [1.82, 2.24) is 0 Å². The largest absolute Gasteiger partial charge is 0.478 e. The van der Waals surface area contributed by atoms with Gasteiger partial charge in [0.05, 0.1) is 10.5 Å². The van der Waals surface area contributed by atoms with E-state index in [9.17, 15) is 20.0 Å². The molecule has 116 valence electrons. The number of hydrogen-bond donors (Lipinski definition) is 2. The fraction of sp³-hybridized carbons (Fsp3) is 0.533. The molecule has 0 saturated carbocycles. The van der Waals surface area contributed by atoms with Crippen molar-refractivity contribution >= 4 is 17.3 Å². The molecule has 21 heavy (non-hydrogen) atoms. The summed E-state index contributed by atoms with van der Waals surface area (Å²) in [5, 5.41) is 23.2. The third kappa shape index (κ3) is 5.06. The van der Waals surface area contributed by atoms with Crippen LogP contribution in [-0.2, 0) is 0 Å². The van der Waals surface area contributed by atoms with Crippen molar-refractivity contribution in [2.24, 2.45) is 5.92 Å². The molecule has 1 aromatic carbocycles. The number of nitro benzene ring substituents is 1. The molecular weight excluding hydrogens is 272 g/mol. The third-order valence-corrected chi connectivity index (χ3v) is 3.28. The lowest BCUT2D eigenvalue weighted by Gasteiger charge is -2.17. The number of carboxylic acid groups (broad SMARTS) is 1. The van der Waals surface area contributed by atoms with E-state index in [1.807, 2.05) is 6.92 Å². The topological polar surface area (TPSA) is 92.5 Å². The Hall–Kier alpha value is -2.11. The van der Waals surface area contributed by atoms with Crippen molar-refractivity contribution in [3.63, 3.8) is 0 Å². The second-order valence-electron chi connectivity index (χ2n) is 5.63. The maximum Gasteiger partial charge on any atom is 0.338 e. The zero-order chi connectivity index (χ0) is 16.0. The van der Waals surface area contributed by atoms with Crippen molar-refractivity contribution in [3.8, 4) is 0 Å². The van der Waals surface area contributed by atoms with Crippen molar-refractivity contribution < 1.29 is 14.8 Å². The Balaban J connectivity index is 2.89. The lowest BCUT2D eigenvalue weighted by Crippen LogP contribution is -2.18. The van der Waals surface area contributed by atoms with Gasteiger partial charge in [-0.2, -0.15) is 0 Å². The van der Waals surface area contributed by atoms with Gasteiger partial charge in [0.25, 0.3) is 5.69 Å². The summed E-state index contributed by atoms with van der Waals surface area (Å²) >= 11 is 0. The van der Waals surface area contributed by atoms with Gasteiger partial charge in [-0.05, 0) is 25.3 Å². The number of anilines is 1. The molecular formula is C15H22N2O4. The smallest absolute Gasteiger partial charge is 0.338 e. The van der Waals surface area contributed by atoms with Crippen LogP contribution in [0.3, 0.4) is 0 Å². The Morgan fingerprint density at radius 2 is 2.00 bits per heavy atom. The number of aromatic carboxylic acids is 1. The van der Waals surface area contributed by atoms with Crippen LogP contribution in [-0.4, -0.2) is 22.0 Å². The van der Waals surface area contributed by atoms with Crippen molar-refractivity contribution in [2.45, 2.75) is 46.1 Å². The summed E-state index contributed by atoms with van der Waals surface area (Å²) in [7, 11) is 0. The van der Waals surface area contributed by atoms with Gasteiger partial charge in [0.15, 0.2) is 0 Å². The Kier molecular flexibility index (Phi) is 6.14. The predicted molar refractivity (Wildman–Crippen MR) is 81.8 cm³/mol. The number of nitrogens with zero attached hydrogens (tertiary/aromatic N) is 1. The van der Waals surface area contributed by atoms with Crippen LogP contribution in [0.25, 0.3) is 0 Å². The number of nitro groups is 1. The van der Waals surface area contributed by atoms with Gasteiger partial charge in [0.1, 0.15) is 5.69 Å². The molecule has 0 aliphatic heterocycles. The first-order chi connectivity index (χ1) is 9.82. The minimum Gasteiger partial charge on any atom is -0.478 e. The summed E-state index contributed by atoms with van der Waals surface area (Å²) in [5.74, 6) is -0.562. The molecule has 0 bridgehead atoms. The molecule has 2 N–H and O–H groups in total. The minimum atomic E-state index is -1.17. The zero-order valence-corrected chi connectivity index (χ0v) is 12.6. The highest BCUT2D eigenvalue weighted by molar-refractivity contribution is 5.96. The number of carboxylic acids is 1. The van der Waals surface area contributed by atoms with Gasteiger partial charge >= 0.3 is 5.97 Å². The van der Waals surface area contributed by atoms with Crippen LogP contribution in [0.5, 0.6) is 0 Å². The zero-order valence-electron chi connectivity index (χ0n) is 12.6. The van der Waals surface area contributed by atoms with Crippen LogP contribution in [0.2, 0.25) is 0 Å². The Bertz CT molecular complexity index is 482. The molecule has 0 aliphatic carbocycles. The first-order valence-corrected chi connectivity index (χ1v) is 7.10. The first-order valence-electron chi connectivity index (χ1n) is 7.10. The van der Waals surface area contributed by atoms with E-state index < -0.39 is 10.9 Å². The fourth-order valence-electron chi connectivity index (χ4n) is 2.17. The summed E-state index contributed by atoms with van der Waals surface area (Å²) in [6.07, 6.45) is 2.91. The number of hydrogen-bond acceptors (Lipinski definition) is 4. The number of carbonyl (C=O) groups is 1. The third-order valence-electron chi connectivity index (χ3n) is 3.28. The molecule has 0 fully saturated rings. The summed E-state index contributed by atoms with van der Waals surface area (Å²) < 4.78 is 0. The minimum absolute atomic E-state index is 0.0250. The van der Waals surface area contributed by atoms with Crippen LogP contribution < -0.4 is 5.32 Å². The van der Waals surface area contributed by atoms with E-state index in [-0.39, 0.29) is 23.0 Å². The van der Waals surface area contributed by atoms with Gasteiger partial charge in [0, 0.05) is 12.1 Å². The van der Waals surface area contributed by atoms with Crippen LogP contribution >= 0.6 is 0 Å². The molecule has 6 nitrogen and oxygen atoms in total. The highest BCUT2D eigenvalue weighted by Crippen LogP contribution is 2.29. The number of nitrogens with one attached hydrogen (secondary N) is 1. The molecule has 0 aliphatic rings. The molecule has 0 aromatic heterocycles. The van der Waals surface area contributed by atoms with Crippen molar-refractivity contribution in [3.05, 3.63) is 33.9 Å². The van der Waals surface area contributed by atoms with Crippen LogP contribution in [0, 0.1) is 16.0 Å². The Labute approximate surface area is 124 Å². The lowest BCUT2D eigenvalue weighted by atomic mass is 10.0. The quantitative estimate of drug-likeness (QED) is 0.560. The second kappa shape index (κ2) is 7.61. The second-order valence-corrected chi connectivity index (χ2v) is 5.63. The van der Waals surface area contributed by atoms with E-state index in [0.717, 1.165) is 19.3 Å². The average Bonchev–Trinajstić information content (AvgIpc) is 2.37. The summed E-state index contributed by atoms with van der Waals surface area (Å²) in [6, 6.07) is 4.05. The number of para-hydroxylation sites is 1. The molecule has 1 aromatic rings. The summed E-state index contributed by atoms with van der Waals surface area (Å²) in [5.41, 5.74) is -0.183. The van der Waals surface area contributed by atoms with Crippen molar-refractivity contribution in [1.29, 1.82) is 0 Å². The van der Waals surface area contributed by atoms with Gasteiger partial charge in [-0.15, -0.1) is 0 Å². The maximum absolute atomic E-state index is 11.2. The van der Waals surface area contributed by atoms with E-state index in [1.165, 1.54) is 18.2 Å². The van der Waals surface area contributed by atoms with Gasteiger partial charge < -0.3 is 10.4 Å². The molecule has 0 spiro atoms. The predicted octanol–water partition coefficient (Wildman–Crippen LogP) is 3.92. The molecule has 0 radical (unpaired) electrons. The Morgan fingerprint density at radius 1 is 1.33 bits per heavy atom. The van der Waals surface area contributed by atoms with Crippen LogP contribution in [0.1, 0.15) is 50.4 Å². The summed E-state index contributed by atoms with van der Waals surface area (Å²) in [4.78, 5) is 21.7. The van der Waals surface area contributed by atoms with Gasteiger partial charge in [-0.1, -0.05) is 32.8 Å². The molecule has 0 saturated heterocycles. The number of benzene rings is 1. The molecule has 1 atom stereocenters. The highest BCUT2D eigenvalue weighted by atomic mass is 16.6. The molecule has 6 heteroatoms.